The lowest BCUT2D eigenvalue weighted by Crippen LogP contribution is -2.55. The fourth-order valence-electron chi connectivity index (χ4n) is 2.50. The van der Waals surface area contributed by atoms with Gasteiger partial charge >= 0.3 is 0 Å². The van der Waals surface area contributed by atoms with Crippen molar-refractivity contribution in [1.29, 1.82) is 0 Å². The molecule has 1 saturated heterocycles. The molecule has 19 heavy (non-hydrogen) atoms. The third kappa shape index (κ3) is 3.28. The third-order valence-electron chi connectivity index (χ3n) is 3.24. The van der Waals surface area contributed by atoms with Gasteiger partial charge in [0.15, 0.2) is 0 Å². The van der Waals surface area contributed by atoms with E-state index in [0.29, 0.717) is 23.4 Å². The normalized spacial score (nSPS) is 23.3. The number of rotatable bonds is 2. The van der Waals surface area contributed by atoms with Gasteiger partial charge in [-0.1, -0.05) is 15.9 Å². The van der Waals surface area contributed by atoms with E-state index in [-0.39, 0.29) is 5.91 Å². The number of piperazine rings is 1. The van der Waals surface area contributed by atoms with Crippen LogP contribution in [-0.4, -0.2) is 43.1 Å². The van der Waals surface area contributed by atoms with Gasteiger partial charge < -0.3 is 15.0 Å². The van der Waals surface area contributed by atoms with Crippen LogP contribution in [0.4, 0.5) is 0 Å². The molecule has 0 radical (unpaired) electrons. The smallest absolute Gasteiger partial charge is 0.257 e. The van der Waals surface area contributed by atoms with E-state index >= 15 is 0 Å². The Hall–Kier alpha value is -1.07. The van der Waals surface area contributed by atoms with Crippen molar-refractivity contribution >= 4 is 21.8 Å². The maximum absolute atomic E-state index is 12.6. The molecular weight excluding hydrogens is 308 g/mol. The lowest BCUT2D eigenvalue weighted by Gasteiger charge is -2.36. The maximum Gasteiger partial charge on any atom is 0.257 e. The van der Waals surface area contributed by atoms with E-state index in [0.717, 1.165) is 17.6 Å². The highest BCUT2D eigenvalue weighted by atomic mass is 79.9. The molecular formula is C14H19BrN2O2. The highest BCUT2D eigenvalue weighted by Crippen LogP contribution is 2.25. The Labute approximate surface area is 122 Å². The second-order valence-electron chi connectivity index (χ2n) is 5.02. The van der Waals surface area contributed by atoms with Crippen molar-refractivity contribution < 1.29 is 9.53 Å². The quantitative estimate of drug-likeness (QED) is 0.906. The van der Waals surface area contributed by atoms with Crippen LogP contribution in [0, 0.1) is 0 Å². The van der Waals surface area contributed by atoms with Gasteiger partial charge in [-0.2, -0.15) is 0 Å². The Bertz CT molecular complexity index is 469. The Morgan fingerprint density at radius 3 is 2.58 bits per heavy atom. The molecule has 1 heterocycles. The Kier molecular flexibility index (Phi) is 4.47. The number of halogens is 1. The number of carbonyl (C=O) groups excluding carboxylic acids is 1. The molecule has 104 valence electrons. The van der Waals surface area contributed by atoms with Gasteiger partial charge in [0.2, 0.25) is 0 Å². The molecule has 0 aliphatic carbocycles. The molecule has 0 bridgehead atoms. The SMILES string of the molecule is COc1cc(Br)ccc1C(=O)N1C[C@H](C)N[C@@H](C)C1. The first-order valence-corrected chi connectivity index (χ1v) is 7.19. The predicted octanol–water partition coefficient (Wildman–Crippen LogP) is 2.28. The van der Waals surface area contributed by atoms with Gasteiger partial charge in [0.25, 0.3) is 5.91 Å². The summed E-state index contributed by atoms with van der Waals surface area (Å²) in [6.45, 7) is 5.63. The van der Waals surface area contributed by atoms with E-state index in [1.807, 2.05) is 23.1 Å². The number of nitrogens with one attached hydrogen (secondary N) is 1. The number of nitrogens with zero attached hydrogens (tertiary/aromatic N) is 1. The second kappa shape index (κ2) is 5.92. The number of benzene rings is 1. The summed E-state index contributed by atoms with van der Waals surface area (Å²) < 4.78 is 6.20. The van der Waals surface area contributed by atoms with Crippen LogP contribution >= 0.6 is 15.9 Å². The van der Waals surface area contributed by atoms with Crippen molar-refractivity contribution in [2.75, 3.05) is 20.2 Å². The monoisotopic (exact) mass is 326 g/mol. The number of methoxy groups -OCH3 is 1. The maximum atomic E-state index is 12.6. The minimum atomic E-state index is 0.0320. The first-order valence-electron chi connectivity index (χ1n) is 6.40. The number of hydrogen-bond acceptors (Lipinski definition) is 3. The second-order valence-corrected chi connectivity index (χ2v) is 5.94. The predicted molar refractivity (Wildman–Crippen MR) is 78.7 cm³/mol. The van der Waals surface area contributed by atoms with Crippen LogP contribution in [0.5, 0.6) is 5.75 Å². The Morgan fingerprint density at radius 2 is 2.00 bits per heavy atom. The molecule has 0 unspecified atom stereocenters. The average Bonchev–Trinajstić information content (AvgIpc) is 2.36. The molecule has 1 aliphatic rings. The van der Waals surface area contributed by atoms with Crippen molar-refractivity contribution in [1.82, 2.24) is 10.2 Å². The standard InChI is InChI=1S/C14H19BrN2O2/c1-9-7-17(8-10(2)16-9)14(18)12-5-4-11(15)6-13(12)19-3/h4-6,9-10,16H,7-8H2,1-3H3/t9-,10-/m0/s1. The molecule has 2 rings (SSSR count). The molecule has 0 aromatic heterocycles. The largest absolute Gasteiger partial charge is 0.496 e. The molecule has 0 saturated carbocycles. The summed E-state index contributed by atoms with van der Waals surface area (Å²) >= 11 is 3.39. The zero-order valence-corrected chi connectivity index (χ0v) is 13.0. The van der Waals surface area contributed by atoms with Crippen LogP contribution in [0.1, 0.15) is 24.2 Å². The number of carbonyl (C=O) groups is 1. The van der Waals surface area contributed by atoms with E-state index in [4.69, 9.17) is 4.74 Å². The van der Waals surface area contributed by atoms with Gasteiger partial charge in [0, 0.05) is 29.6 Å². The number of ether oxygens (including phenoxy) is 1. The molecule has 4 nitrogen and oxygen atoms in total. The summed E-state index contributed by atoms with van der Waals surface area (Å²) in [6.07, 6.45) is 0. The van der Waals surface area contributed by atoms with Crippen molar-refractivity contribution in [2.45, 2.75) is 25.9 Å². The lowest BCUT2D eigenvalue weighted by atomic mass is 10.1. The summed E-state index contributed by atoms with van der Waals surface area (Å²) in [7, 11) is 1.58. The van der Waals surface area contributed by atoms with E-state index in [2.05, 4.69) is 35.1 Å². The fraction of sp³-hybridized carbons (Fsp3) is 0.500. The molecule has 2 atom stereocenters. The Balaban J connectivity index is 2.24. The minimum Gasteiger partial charge on any atom is -0.496 e. The van der Waals surface area contributed by atoms with Crippen LogP contribution in [0.25, 0.3) is 0 Å². The molecule has 1 fully saturated rings. The van der Waals surface area contributed by atoms with E-state index < -0.39 is 0 Å². The fourth-order valence-corrected chi connectivity index (χ4v) is 2.84. The molecule has 1 N–H and O–H groups in total. The van der Waals surface area contributed by atoms with Gasteiger partial charge in [0.1, 0.15) is 5.75 Å². The molecule has 1 aliphatic heterocycles. The third-order valence-corrected chi connectivity index (χ3v) is 3.73. The summed E-state index contributed by atoms with van der Waals surface area (Å²) in [4.78, 5) is 14.5. The molecule has 1 aromatic carbocycles. The van der Waals surface area contributed by atoms with Crippen molar-refractivity contribution in [2.24, 2.45) is 0 Å². The topological polar surface area (TPSA) is 41.6 Å². The van der Waals surface area contributed by atoms with Crippen LogP contribution in [0.15, 0.2) is 22.7 Å². The molecule has 1 amide bonds. The summed E-state index contributed by atoms with van der Waals surface area (Å²) in [5, 5.41) is 3.42. The molecule has 5 heteroatoms. The molecule has 1 aromatic rings. The minimum absolute atomic E-state index is 0.0320. The Morgan fingerprint density at radius 1 is 1.37 bits per heavy atom. The van der Waals surface area contributed by atoms with Crippen molar-refractivity contribution in [3.63, 3.8) is 0 Å². The van der Waals surface area contributed by atoms with E-state index in [9.17, 15) is 4.79 Å². The summed E-state index contributed by atoms with van der Waals surface area (Å²) in [5.41, 5.74) is 0.618. The number of amides is 1. The van der Waals surface area contributed by atoms with Crippen molar-refractivity contribution in [3.8, 4) is 5.75 Å². The van der Waals surface area contributed by atoms with Crippen LogP contribution in [0.2, 0.25) is 0 Å². The lowest BCUT2D eigenvalue weighted by molar-refractivity contribution is 0.0670. The highest BCUT2D eigenvalue weighted by Gasteiger charge is 2.27. The van der Waals surface area contributed by atoms with E-state index in [1.54, 1.807) is 7.11 Å². The summed E-state index contributed by atoms with van der Waals surface area (Å²) in [6, 6.07) is 6.12. The van der Waals surface area contributed by atoms with E-state index in [1.165, 1.54) is 0 Å². The first kappa shape index (κ1) is 14.3. The zero-order chi connectivity index (χ0) is 14.0. The van der Waals surface area contributed by atoms with Crippen LogP contribution in [0.3, 0.4) is 0 Å². The van der Waals surface area contributed by atoms with Gasteiger partial charge in [-0.15, -0.1) is 0 Å². The van der Waals surface area contributed by atoms with Gasteiger partial charge in [0.05, 0.1) is 12.7 Å². The zero-order valence-electron chi connectivity index (χ0n) is 11.4. The molecule has 0 spiro atoms. The summed E-state index contributed by atoms with van der Waals surface area (Å²) in [5.74, 6) is 0.641. The number of hydrogen-bond donors (Lipinski definition) is 1. The van der Waals surface area contributed by atoms with Crippen LogP contribution < -0.4 is 10.1 Å². The average molecular weight is 327 g/mol. The van der Waals surface area contributed by atoms with Crippen molar-refractivity contribution in [3.05, 3.63) is 28.2 Å². The van der Waals surface area contributed by atoms with Gasteiger partial charge in [-0.05, 0) is 32.0 Å². The van der Waals surface area contributed by atoms with Gasteiger partial charge in [-0.25, -0.2) is 0 Å². The first-order chi connectivity index (χ1) is 9.01. The van der Waals surface area contributed by atoms with Crippen LogP contribution in [-0.2, 0) is 0 Å². The van der Waals surface area contributed by atoms with Gasteiger partial charge in [-0.3, -0.25) is 4.79 Å². The highest BCUT2D eigenvalue weighted by molar-refractivity contribution is 9.10.